The number of hydrogen-bond acceptors (Lipinski definition) is 2. The fourth-order valence-corrected chi connectivity index (χ4v) is 2.24. The van der Waals surface area contributed by atoms with E-state index in [0.717, 1.165) is 18.2 Å². The van der Waals surface area contributed by atoms with Crippen LogP contribution in [-0.2, 0) is 0 Å². The van der Waals surface area contributed by atoms with Gasteiger partial charge in [0.05, 0.1) is 18.5 Å². The highest BCUT2D eigenvalue weighted by atomic mass is 16.3. The molecule has 0 aliphatic rings. The molecule has 0 unspecified atom stereocenters. The Morgan fingerprint density at radius 3 is 2.44 bits per heavy atom. The van der Waals surface area contributed by atoms with Gasteiger partial charge in [-0.25, -0.2) is 0 Å². The fourth-order valence-electron chi connectivity index (χ4n) is 2.24. The van der Waals surface area contributed by atoms with Gasteiger partial charge in [0.1, 0.15) is 18.3 Å². The first-order chi connectivity index (χ1) is 8.69. The summed E-state index contributed by atoms with van der Waals surface area (Å²) in [7, 11) is 3.00. The number of benzene rings is 2. The third kappa shape index (κ3) is 1.65. The zero-order chi connectivity index (χ0) is 12.7. The van der Waals surface area contributed by atoms with E-state index in [1.54, 1.807) is 0 Å². The van der Waals surface area contributed by atoms with Crippen LogP contribution >= 0.6 is 0 Å². The smallest absolute Gasteiger partial charge is 0.200 e. The molecule has 0 atom stereocenters. The van der Waals surface area contributed by atoms with Gasteiger partial charge in [0, 0.05) is 0 Å². The number of hydrogen-bond donors (Lipinski definition) is 0. The van der Waals surface area contributed by atoms with E-state index < -0.39 is 0 Å². The van der Waals surface area contributed by atoms with Crippen LogP contribution in [0.5, 0.6) is 0 Å². The van der Waals surface area contributed by atoms with Crippen molar-refractivity contribution in [2.24, 2.45) is 0 Å². The first kappa shape index (κ1) is 11.1. The van der Waals surface area contributed by atoms with Crippen LogP contribution in [0.4, 0.5) is 0 Å². The predicted molar refractivity (Wildman–Crippen MR) is 80.1 cm³/mol. The lowest BCUT2D eigenvalue weighted by Gasteiger charge is -2.03. The zero-order valence-electron chi connectivity index (χ0n) is 10.5. The second kappa shape index (κ2) is 4.05. The van der Waals surface area contributed by atoms with E-state index in [1.165, 1.54) is 0 Å². The molecule has 0 N–H and O–H groups in total. The summed E-state index contributed by atoms with van der Waals surface area (Å²) in [6.45, 7) is 1.98. The van der Waals surface area contributed by atoms with Gasteiger partial charge in [-0.3, -0.25) is 4.79 Å². The molecule has 1 aromatic heterocycles. The van der Waals surface area contributed by atoms with Crippen molar-refractivity contribution in [1.82, 2.24) is 0 Å². The summed E-state index contributed by atoms with van der Waals surface area (Å²) in [6, 6.07) is 11.5. The molecule has 0 aliphatic carbocycles. The van der Waals surface area contributed by atoms with Gasteiger partial charge in [-0.1, -0.05) is 29.2 Å². The molecule has 0 saturated carbocycles. The lowest BCUT2D eigenvalue weighted by molar-refractivity contribution is 0.660. The van der Waals surface area contributed by atoms with Crippen LogP contribution < -0.4 is 10.9 Å². The van der Waals surface area contributed by atoms with Gasteiger partial charge in [0.25, 0.3) is 0 Å². The minimum Gasteiger partial charge on any atom is -0.456 e. The van der Waals surface area contributed by atoms with E-state index in [2.05, 4.69) is 7.74 Å². The number of rotatable bonds is 1. The molecule has 18 heavy (non-hydrogen) atoms. The van der Waals surface area contributed by atoms with E-state index in [0.29, 0.717) is 21.9 Å². The van der Waals surface area contributed by atoms with Crippen molar-refractivity contribution in [2.45, 2.75) is 6.92 Å². The highest BCUT2D eigenvalue weighted by molar-refractivity contribution is 6.97. The molecule has 0 radical (unpaired) electrons. The van der Waals surface area contributed by atoms with Gasteiger partial charge in [0.15, 0.2) is 0 Å². The van der Waals surface area contributed by atoms with Crippen molar-refractivity contribution >= 4 is 42.3 Å². The zero-order valence-corrected chi connectivity index (χ0v) is 10.5. The molecule has 0 saturated heterocycles. The summed E-state index contributed by atoms with van der Waals surface area (Å²) < 4.78 is 5.78. The molecular formula is C14H12B2O2. The molecule has 0 amide bonds. The van der Waals surface area contributed by atoms with Crippen LogP contribution in [-0.4, -0.2) is 14.9 Å². The molecular weight excluding hydrogens is 222 g/mol. The minimum atomic E-state index is 0.0604. The Labute approximate surface area is 106 Å². The molecule has 2 nitrogen and oxygen atoms in total. The summed E-state index contributed by atoms with van der Waals surface area (Å²) in [4.78, 5) is 12.4. The topological polar surface area (TPSA) is 30.2 Å². The summed E-state index contributed by atoms with van der Waals surface area (Å²) in [5, 5.41) is 1.34. The summed E-state index contributed by atoms with van der Waals surface area (Å²) in [6.07, 6.45) is 0. The fraction of sp³-hybridized carbons (Fsp3) is 0.0714. The van der Waals surface area contributed by atoms with Crippen molar-refractivity contribution in [2.75, 3.05) is 0 Å². The van der Waals surface area contributed by atoms with Crippen LogP contribution in [0, 0.1) is 6.92 Å². The monoisotopic (exact) mass is 234 g/mol. The Balaban J connectivity index is 2.49. The van der Waals surface area contributed by atoms with Crippen molar-refractivity contribution in [3.05, 3.63) is 52.2 Å². The second-order valence-electron chi connectivity index (χ2n) is 4.61. The van der Waals surface area contributed by atoms with E-state index >= 15 is 0 Å². The molecule has 86 valence electrons. The third-order valence-electron chi connectivity index (χ3n) is 3.30. The Bertz CT molecular complexity index is 806. The van der Waals surface area contributed by atoms with Crippen LogP contribution in [0.3, 0.4) is 0 Å². The summed E-state index contributed by atoms with van der Waals surface area (Å²) >= 11 is 0. The van der Waals surface area contributed by atoms with Crippen molar-refractivity contribution in [3.63, 3.8) is 0 Å². The maximum Gasteiger partial charge on any atom is 0.200 e. The Morgan fingerprint density at radius 1 is 1.06 bits per heavy atom. The largest absolute Gasteiger partial charge is 0.456 e. The van der Waals surface area contributed by atoms with Crippen molar-refractivity contribution in [3.8, 4) is 0 Å². The average Bonchev–Trinajstić information content (AvgIpc) is 2.40. The van der Waals surface area contributed by atoms with Crippen LogP contribution in [0.2, 0.25) is 0 Å². The van der Waals surface area contributed by atoms with Crippen LogP contribution in [0.25, 0.3) is 21.9 Å². The van der Waals surface area contributed by atoms with Gasteiger partial charge >= 0.3 is 0 Å². The highest BCUT2D eigenvalue weighted by Crippen LogP contribution is 2.18. The molecule has 3 rings (SSSR count). The van der Waals surface area contributed by atoms with Crippen LogP contribution in [0.15, 0.2) is 45.6 Å². The molecule has 0 aliphatic heterocycles. The second-order valence-corrected chi connectivity index (χ2v) is 4.61. The summed E-state index contributed by atoms with van der Waals surface area (Å²) in [5.74, 6) is 0. The van der Waals surface area contributed by atoms with E-state index in [9.17, 15) is 4.79 Å². The summed E-state index contributed by atoms with van der Waals surface area (Å²) in [5.41, 5.74) is 3.60. The Morgan fingerprint density at radius 2 is 1.72 bits per heavy atom. The highest BCUT2D eigenvalue weighted by Gasteiger charge is 2.08. The van der Waals surface area contributed by atoms with E-state index in [-0.39, 0.29) is 5.43 Å². The number of aryl methyl sites for hydroxylation is 1. The molecule has 0 bridgehead atoms. The first-order valence-electron chi connectivity index (χ1n) is 6.15. The van der Waals surface area contributed by atoms with Crippen LogP contribution in [0.1, 0.15) is 5.56 Å². The van der Waals surface area contributed by atoms with Crippen molar-refractivity contribution in [1.29, 1.82) is 0 Å². The number of fused-ring (bicyclic) bond motifs is 2. The van der Waals surface area contributed by atoms with Gasteiger partial charge in [-0.2, -0.15) is 0 Å². The molecule has 0 spiro atoms. The van der Waals surface area contributed by atoms with Gasteiger partial charge in [-0.05, 0) is 25.1 Å². The Kier molecular flexibility index (Phi) is 2.51. The quantitative estimate of drug-likeness (QED) is 0.461. The molecule has 1 heterocycles. The van der Waals surface area contributed by atoms with Gasteiger partial charge in [-0.15, -0.1) is 0 Å². The molecule has 0 fully saturated rings. The van der Waals surface area contributed by atoms with Crippen molar-refractivity contribution < 1.29 is 4.42 Å². The van der Waals surface area contributed by atoms with Gasteiger partial charge < -0.3 is 4.42 Å². The SMILES string of the molecule is BBc1ccc2oc3ccc(C)cc3c(=O)c2c1. The maximum absolute atomic E-state index is 12.4. The maximum atomic E-state index is 12.4. The average molecular weight is 234 g/mol. The molecule has 3 aromatic rings. The predicted octanol–water partition coefficient (Wildman–Crippen LogP) is 0.865. The molecule has 4 heteroatoms. The van der Waals surface area contributed by atoms with Gasteiger partial charge in [0.2, 0.25) is 5.43 Å². The third-order valence-corrected chi connectivity index (χ3v) is 3.30. The Hall–Kier alpha value is -1.96. The molecule has 2 aromatic carbocycles. The standard InChI is InChI=1S/C14H12B2O2/c1-8-2-4-12-10(6-8)14(17)11-7-9(16-15)3-5-13(11)18-12/h2-7,16H,15H2,1H3. The van der Waals surface area contributed by atoms with E-state index in [1.807, 2.05) is 43.3 Å². The normalized spacial score (nSPS) is 10.9. The minimum absolute atomic E-state index is 0.0604. The lowest BCUT2D eigenvalue weighted by Crippen LogP contribution is -2.15. The van der Waals surface area contributed by atoms with E-state index in [4.69, 9.17) is 4.42 Å². The first-order valence-corrected chi connectivity index (χ1v) is 6.15. The lowest BCUT2D eigenvalue weighted by atomic mass is 9.51.